The molecule has 0 radical (unpaired) electrons. The number of aromatic hydroxyl groups is 1. The Bertz CT molecular complexity index is 727. The summed E-state index contributed by atoms with van der Waals surface area (Å²) >= 11 is 1.28. The van der Waals surface area contributed by atoms with Crippen LogP contribution < -0.4 is 10.6 Å². The van der Waals surface area contributed by atoms with Gasteiger partial charge in [-0.05, 0) is 23.6 Å². The number of hydrogen-bond acceptors (Lipinski definition) is 5. The number of nitrogens with one attached hydrogen (secondary N) is 2. The van der Waals surface area contributed by atoms with E-state index in [0.717, 1.165) is 0 Å². The fourth-order valence-corrected chi connectivity index (χ4v) is 2.37. The summed E-state index contributed by atoms with van der Waals surface area (Å²) in [5, 5.41) is 25.2. The number of hydrogen-bond donors (Lipinski definition) is 4. The Labute approximate surface area is 135 Å². The molecule has 1 heterocycles. The third-order valence-corrected chi connectivity index (χ3v) is 3.71. The lowest BCUT2D eigenvalue weighted by atomic mass is 10.2. The zero-order chi connectivity index (χ0) is 16.8. The van der Waals surface area contributed by atoms with E-state index in [-0.39, 0.29) is 30.2 Å². The van der Waals surface area contributed by atoms with Crippen LogP contribution in [0.2, 0.25) is 0 Å². The highest BCUT2D eigenvalue weighted by Crippen LogP contribution is 2.27. The molecule has 0 aliphatic carbocycles. The van der Waals surface area contributed by atoms with Crippen LogP contribution in [-0.4, -0.2) is 28.0 Å². The molecule has 0 saturated carbocycles. The maximum atomic E-state index is 11.9. The van der Waals surface area contributed by atoms with Crippen LogP contribution in [0.5, 0.6) is 5.75 Å². The van der Waals surface area contributed by atoms with Crippen molar-refractivity contribution in [1.29, 1.82) is 0 Å². The fraction of sp³-hybridized carbons (Fsp3) is 0.133. The lowest BCUT2D eigenvalue weighted by Gasteiger charge is -2.09. The van der Waals surface area contributed by atoms with Crippen molar-refractivity contribution in [2.75, 3.05) is 10.6 Å². The summed E-state index contributed by atoms with van der Waals surface area (Å²) in [7, 11) is 0. The number of thiophene rings is 1. The SMILES string of the molecule is O=C(O)CCC(=O)Nc1ccc(NC(=O)c2cccs2)c(O)c1. The Kier molecular flexibility index (Phi) is 5.32. The fourth-order valence-electron chi connectivity index (χ4n) is 1.75. The first kappa shape index (κ1) is 16.5. The zero-order valence-electron chi connectivity index (χ0n) is 11.9. The molecule has 4 N–H and O–H groups in total. The minimum Gasteiger partial charge on any atom is -0.506 e. The van der Waals surface area contributed by atoms with E-state index in [4.69, 9.17) is 5.11 Å². The van der Waals surface area contributed by atoms with Crippen LogP contribution >= 0.6 is 11.3 Å². The largest absolute Gasteiger partial charge is 0.506 e. The van der Waals surface area contributed by atoms with E-state index in [2.05, 4.69) is 10.6 Å². The molecule has 2 amide bonds. The summed E-state index contributed by atoms with van der Waals surface area (Å²) in [6, 6.07) is 7.64. The number of amides is 2. The first-order valence-corrected chi connectivity index (χ1v) is 7.53. The molecule has 1 aromatic heterocycles. The molecule has 7 nitrogen and oxygen atoms in total. The van der Waals surface area contributed by atoms with E-state index in [1.54, 1.807) is 17.5 Å². The predicted octanol–water partition coefficient (Wildman–Crippen LogP) is 2.51. The van der Waals surface area contributed by atoms with Crippen molar-refractivity contribution in [3.05, 3.63) is 40.6 Å². The lowest BCUT2D eigenvalue weighted by Crippen LogP contribution is -2.13. The van der Waals surface area contributed by atoms with Crippen LogP contribution in [0.1, 0.15) is 22.5 Å². The van der Waals surface area contributed by atoms with Gasteiger partial charge >= 0.3 is 5.97 Å². The van der Waals surface area contributed by atoms with Crippen molar-refractivity contribution < 1.29 is 24.6 Å². The van der Waals surface area contributed by atoms with E-state index in [1.807, 2.05) is 0 Å². The molecule has 0 spiro atoms. The maximum Gasteiger partial charge on any atom is 0.303 e. The van der Waals surface area contributed by atoms with E-state index in [0.29, 0.717) is 10.6 Å². The summed E-state index contributed by atoms with van der Waals surface area (Å²) in [4.78, 5) is 34.3. The Morgan fingerprint density at radius 3 is 2.48 bits per heavy atom. The van der Waals surface area contributed by atoms with Gasteiger partial charge in [-0.3, -0.25) is 14.4 Å². The monoisotopic (exact) mass is 334 g/mol. The molecular weight excluding hydrogens is 320 g/mol. The molecule has 0 aliphatic rings. The predicted molar refractivity (Wildman–Crippen MR) is 85.9 cm³/mol. The van der Waals surface area contributed by atoms with E-state index >= 15 is 0 Å². The third-order valence-electron chi connectivity index (χ3n) is 2.84. The van der Waals surface area contributed by atoms with Crippen molar-refractivity contribution in [3.63, 3.8) is 0 Å². The average molecular weight is 334 g/mol. The van der Waals surface area contributed by atoms with Gasteiger partial charge in [0.1, 0.15) is 5.75 Å². The van der Waals surface area contributed by atoms with Crippen LogP contribution in [0, 0.1) is 0 Å². The lowest BCUT2D eigenvalue weighted by molar-refractivity contribution is -0.138. The number of carboxylic acid groups (broad SMARTS) is 1. The van der Waals surface area contributed by atoms with Gasteiger partial charge < -0.3 is 20.8 Å². The number of benzene rings is 1. The average Bonchev–Trinajstić information content (AvgIpc) is 3.02. The highest BCUT2D eigenvalue weighted by molar-refractivity contribution is 7.12. The van der Waals surface area contributed by atoms with Crippen LogP contribution in [0.3, 0.4) is 0 Å². The van der Waals surface area contributed by atoms with Gasteiger partial charge in [-0.2, -0.15) is 0 Å². The standard InChI is InChI=1S/C15H14N2O5S/c18-11-8-9(16-13(19)5-6-14(20)21)3-4-10(11)17-15(22)12-2-1-7-23-12/h1-4,7-8,18H,5-6H2,(H,16,19)(H,17,22)(H,20,21). The summed E-state index contributed by atoms with van der Waals surface area (Å²) in [6.45, 7) is 0. The van der Waals surface area contributed by atoms with Gasteiger partial charge in [-0.25, -0.2) is 0 Å². The Morgan fingerprint density at radius 1 is 1.09 bits per heavy atom. The first-order valence-electron chi connectivity index (χ1n) is 6.65. The molecule has 0 saturated heterocycles. The van der Waals surface area contributed by atoms with Crippen molar-refractivity contribution in [2.24, 2.45) is 0 Å². The molecule has 0 bridgehead atoms. The Morgan fingerprint density at radius 2 is 1.87 bits per heavy atom. The number of rotatable bonds is 6. The molecule has 0 aliphatic heterocycles. The molecular formula is C15H14N2O5S. The van der Waals surface area contributed by atoms with Gasteiger partial charge in [-0.1, -0.05) is 6.07 Å². The topological polar surface area (TPSA) is 116 Å². The van der Waals surface area contributed by atoms with E-state index in [1.165, 1.54) is 29.5 Å². The number of carbonyl (C=O) groups excluding carboxylic acids is 2. The Balaban J connectivity index is 1.99. The second-order valence-electron chi connectivity index (χ2n) is 4.61. The van der Waals surface area contributed by atoms with Crippen molar-refractivity contribution >= 4 is 40.5 Å². The smallest absolute Gasteiger partial charge is 0.303 e. The molecule has 8 heteroatoms. The normalized spacial score (nSPS) is 10.1. The summed E-state index contributed by atoms with van der Waals surface area (Å²) in [5.74, 6) is -2.07. The number of carbonyl (C=O) groups is 3. The maximum absolute atomic E-state index is 11.9. The molecule has 120 valence electrons. The molecule has 2 aromatic rings. The van der Waals surface area contributed by atoms with Gasteiger partial charge in [0.05, 0.1) is 17.0 Å². The summed E-state index contributed by atoms with van der Waals surface area (Å²) in [6.07, 6.45) is -0.431. The number of phenolic OH excluding ortho intramolecular Hbond substituents is 1. The van der Waals surface area contributed by atoms with Crippen LogP contribution in [0.15, 0.2) is 35.7 Å². The van der Waals surface area contributed by atoms with Crippen LogP contribution in [0.4, 0.5) is 11.4 Å². The molecule has 23 heavy (non-hydrogen) atoms. The highest BCUT2D eigenvalue weighted by Gasteiger charge is 2.11. The van der Waals surface area contributed by atoms with Crippen LogP contribution in [0.25, 0.3) is 0 Å². The van der Waals surface area contributed by atoms with Gasteiger partial charge in [-0.15, -0.1) is 11.3 Å². The number of carboxylic acids is 1. The second-order valence-corrected chi connectivity index (χ2v) is 5.55. The van der Waals surface area contributed by atoms with Crippen molar-refractivity contribution in [1.82, 2.24) is 0 Å². The highest BCUT2D eigenvalue weighted by atomic mass is 32.1. The van der Waals surface area contributed by atoms with Crippen LogP contribution in [-0.2, 0) is 9.59 Å². The minimum atomic E-state index is -1.06. The van der Waals surface area contributed by atoms with Gasteiger partial charge in [0, 0.05) is 18.2 Å². The van der Waals surface area contributed by atoms with Crippen molar-refractivity contribution in [3.8, 4) is 5.75 Å². The molecule has 0 unspecified atom stereocenters. The minimum absolute atomic E-state index is 0.160. The quantitative estimate of drug-likeness (QED) is 0.606. The third kappa shape index (κ3) is 4.82. The first-order chi connectivity index (χ1) is 11.0. The van der Waals surface area contributed by atoms with Gasteiger partial charge in [0.2, 0.25) is 5.91 Å². The molecule has 1 aromatic carbocycles. The van der Waals surface area contributed by atoms with Gasteiger partial charge in [0.15, 0.2) is 0 Å². The summed E-state index contributed by atoms with van der Waals surface area (Å²) in [5.41, 5.74) is 0.527. The van der Waals surface area contributed by atoms with Gasteiger partial charge in [0.25, 0.3) is 5.91 Å². The number of aliphatic carboxylic acids is 1. The van der Waals surface area contributed by atoms with E-state index in [9.17, 15) is 19.5 Å². The molecule has 0 fully saturated rings. The number of phenols is 1. The summed E-state index contributed by atoms with van der Waals surface area (Å²) < 4.78 is 0. The zero-order valence-corrected chi connectivity index (χ0v) is 12.7. The molecule has 2 rings (SSSR count). The Hall–Kier alpha value is -2.87. The number of anilines is 2. The van der Waals surface area contributed by atoms with E-state index < -0.39 is 11.9 Å². The second kappa shape index (κ2) is 7.41. The van der Waals surface area contributed by atoms with Crippen molar-refractivity contribution in [2.45, 2.75) is 12.8 Å². The molecule has 0 atom stereocenters.